The van der Waals surface area contributed by atoms with E-state index >= 15 is 0 Å². The van der Waals surface area contributed by atoms with Crippen LogP contribution in [-0.4, -0.2) is 26.2 Å². The molecule has 0 aliphatic carbocycles. The van der Waals surface area contributed by atoms with Gasteiger partial charge in [0.15, 0.2) is 0 Å². The minimum Gasteiger partial charge on any atom is -0.221 e. The minimum absolute atomic E-state index is 0.362. The summed E-state index contributed by atoms with van der Waals surface area (Å²) < 4.78 is 0. The first-order valence-corrected chi connectivity index (χ1v) is 9.44. The maximum Gasteiger partial charge on any atom is 0.145 e. The topological polar surface area (TPSA) is 25.8 Å². The van der Waals surface area contributed by atoms with Crippen molar-refractivity contribution in [3.8, 4) is 0 Å². The van der Waals surface area contributed by atoms with E-state index in [4.69, 9.17) is 16.6 Å². The summed E-state index contributed by atoms with van der Waals surface area (Å²) in [6.45, 7) is 6.65. The van der Waals surface area contributed by atoms with Crippen molar-refractivity contribution < 1.29 is 0 Å². The Morgan fingerprint density at radius 3 is 2.79 bits per heavy atom. The van der Waals surface area contributed by atoms with Crippen LogP contribution in [0.2, 0.25) is 5.15 Å². The Morgan fingerprint density at radius 1 is 1.26 bits per heavy atom. The maximum atomic E-state index is 6.30. The van der Waals surface area contributed by atoms with Gasteiger partial charge in [0, 0.05) is 26.5 Å². The van der Waals surface area contributed by atoms with Crippen molar-refractivity contribution in [2.75, 3.05) is 5.75 Å². The number of thioether (sulfide) groups is 2. The van der Waals surface area contributed by atoms with Crippen LogP contribution in [0.15, 0.2) is 6.07 Å². The summed E-state index contributed by atoms with van der Waals surface area (Å²) in [4.78, 5) is 11.5. The molecule has 0 aromatic carbocycles. The van der Waals surface area contributed by atoms with Crippen LogP contribution >= 0.6 is 46.5 Å². The number of thiophene rings is 1. The van der Waals surface area contributed by atoms with Crippen LogP contribution in [-0.2, 0) is 0 Å². The van der Waals surface area contributed by atoms with Crippen LogP contribution in [0.4, 0.5) is 0 Å². The molecule has 0 N–H and O–H groups in total. The Kier molecular flexibility index (Phi) is 4.00. The molecule has 3 rings (SSSR count). The number of rotatable bonds is 1. The number of fused-ring (bicyclic) bond motifs is 1. The Bertz CT molecular complexity index is 613. The Morgan fingerprint density at radius 2 is 2.05 bits per heavy atom. The van der Waals surface area contributed by atoms with Gasteiger partial charge in [-0.1, -0.05) is 25.4 Å². The largest absolute Gasteiger partial charge is 0.221 e. The van der Waals surface area contributed by atoms with E-state index in [0.717, 1.165) is 21.8 Å². The molecule has 0 spiro atoms. The van der Waals surface area contributed by atoms with Crippen LogP contribution in [0.3, 0.4) is 0 Å². The molecule has 0 bridgehead atoms. The van der Waals surface area contributed by atoms with Gasteiger partial charge in [-0.3, -0.25) is 0 Å². The van der Waals surface area contributed by atoms with Gasteiger partial charge in [-0.25, -0.2) is 9.97 Å². The van der Waals surface area contributed by atoms with E-state index in [9.17, 15) is 0 Å². The highest BCUT2D eigenvalue weighted by Crippen LogP contribution is 2.44. The number of hydrogen-bond donors (Lipinski definition) is 0. The van der Waals surface area contributed by atoms with Crippen LogP contribution in [0.25, 0.3) is 10.2 Å². The Hall–Kier alpha value is 0.0300. The molecule has 19 heavy (non-hydrogen) atoms. The van der Waals surface area contributed by atoms with Crippen LogP contribution in [0, 0.1) is 6.92 Å². The van der Waals surface area contributed by atoms with Crippen LogP contribution in [0.1, 0.15) is 29.8 Å². The molecule has 1 aliphatic rings. The fourth-order valence-corrected chi connectivity index (χ4v) is 6.10. The first-order valence-electron chi connectivity index (χ1n) is 6.25. The van der Waals surface area contributed by atoms with Gasteiger partial charge in [-0.15, -0.1) is 23.1 Å². The first kappa shape index (κ1) is 14.0. The summed E-state index contributed by atoms with van der Waals surface area (Å²) in [6.07, 6.45) is 0. The predicted octanol–water partition coefficient (Wildman–Crippen LogP) is 4.95. The normalized spacial score (nSPS) is 27.9. The third-order valence-electron chi connectivity index (χ3n) is 3.33. The van der Waals surface area contributed by atoms with Crippen LogP contribution in [0.5, 0.6) is 0 Å². The second-order valence-corrected chi connectivity index (χ2v) is 9.40. The number of hydrogen-bond acceptors (Lipinski definition) is 5. The molecule has 0 amide bonds. The number of aromatic nitrogens is 2. The van der Waals surface area contributed by atoms with E-state index in [-0.39, 0.29) is 0 Å². The smallest absolute Gasteiger partial charge is 0.145 e. The van der Waals surface area contributed by atoms with E-state index in [2.05, 4.69) is 31.8 Å². The van der Waals surface area contributed by atoms with Gasteiger partial charge < -0.3 is 0 Å². The molecule has 2 aromatic rings. The zero-order valence-electron chi connectivity index (χ0n) is 11.0. The van der Waals surface area contributed by atoms with E-state index in [0.29, 0.717) is 20.9 Å². The number of halogens is 1. The lowest BCUT2D eigenvalue weighted by Gasteiger charge is -2.30. The standard InChI is InChI=1S/C13H15ClN2S3/c1-6-4-9-11(14)15-12(16-13(9)18-6)10-5-17-7(2)8(3)19-10/h4,7-8,10H,5H2,1-3H3. The van der Waals surface area contributed by atoms with Gasteiger partial charge in [0.2, 0.25) is 0 Å². The van der Waals surface area contributed by atoms with Gasteiger partial charge in [0.1, 0.15) is 15.8 Å². The van der Waals surface area contributed by atoms with Crippen molar-refractivity contribution in [1.29, 1.82) is 0 Å². The number of aryl methyl sites for hydroxylation is 1. The Labute approximate surface area is 130 Å². The SMILES string of the molecule is Cc1cc2c(Cl)nc(C3CSC(C)C(C)S3)nc2s1. The highest BCUT2D eigenvalue weighted by Gasteiger charge is 2.29. The predicted molar refractivity (Wildman–Crippen MR) is 88.9 cm³/mol. The minimum atomic E-state index is 0.362. The van der Waals surface area contributed by atoms with Gasteiger partial charge in [0.25, 0.3) is 0 Å². The molecule has 3 heterocycles. The molecule has 1 aliphatic heterocycles. The zero-order valence-corrected chi connectivity index (χ0v) is 14.2. The monoisotopic (exact) mass is 330 g/mol. The Balaban J connectivity index is 1.96. The quantitative estimate of drug-likeness (QED) is 0.691. The third-order valence-corrected chi connectivity index (χ3v) is 7.94. The molecule has 2 aromatic heterocycles. The van der Waals surface area contributed by atoms with Crippen molar-refractivity contribution in [3.63, 3.8) is 0 Å². The average molecular weight is 331 g/mol. The van der Waals surface area contributed by atoms with Crippen molar-refractivity contribution in [2.24, 2.45) is 0 Å². The van der Waals surface area contributed by atoms with E-state index < -0.39 is 0 Å². The molecule has 3 unspecified atom stereocenters. The summed E-state index contributed by atoms with van der Waals surface area (Å²) in [6, 6.07) is 2.07. The molecule has 3 atom stereocenters. The summed E-state index contributed by atoms with van der Waals surface area (Å²) in [7, 11) is 0. The summed E-state index contributed by atoms with van der Waals surface area (Å²) in [5, 5.41) is 3.28. The molecule has 6 heteroatoms. The zero-order chi connectivity index (χ0) is 13.6. The third kappa shape index (κ3) is 2.75. The molecule has 1 saturated heterocycles. The summed E-state index contributed by atoms with van der Waals surface area (Å²) >= 11 is 12.0. The molecular weight excluding hydrogens is 316 g/mol. The average Bonchev–Trinajstić information content (AvgIpc) is 2.74. The molecule has 0 saturated carbocycles. The fourth-order valence-electron chi connectivity index (χ4n) is 2.09. The van der Waals surface area contributed by atoms with Gasteiger partial charge in [-0.05, 0) is 13.0 Å². The molecule has 2 nitrogen and oxygen atoms in total. The highest BCUT2D eigenvalue weighted by molar-refractivity contribution is 8.07. The van der Waals surface area contributed by atoms with E-state index in [1.807, 2.05) is 23.5 Å². The van der Waals surface area contributed by atoms with Gasteiger partial charge >= 0.3 is 0 Å². The second kappa shape index (κ2) is 5.43. The van der Waals surface area contributed by atoms with E-state index in [1.165, 1.54) is 4.88 Å². The summed E-state index contributed by atoms with van der Waals surface area (Å²) in [5.74, 6) is 1.97. The van der Waals surface area contributed by atoms with Crippen LogP contribution < -0.4 is 0 Å². The molecule has 102 valence electrons. The maximum absolute atomic E-state index is 6.30. The lowest BCUT2D eigenvalue weighted by atomic mass is 10.3. The highest BCUT2D eigenvalue weighted by atomic mass is 35.5. The van der Waals surface area contributed by atoms with E-state index in [1.54, 1.807) is 11.3 Å². The lowest BCUT2D eigenvalue weighted by molar-refractivity contribution is 0.866. The molecule has 0 radical (unpaired) electrons. The van der Waals surface area contributed by atoms with Crippen molar-refractivity contribution in [2.45, 2.75) is 36.5 Å². The molecular formula is C13H15ClN2S3. The number of nitrogens with zero attached hydrogens (tertiary/aromatic N) is 2. The first-order chi connectivity index (χ1) is 9.04. The van der Waals surface area contributed by atoms with Crippen molar-refractivity contribution in [3.05, 3.63) is 21.9 Å². The second-order valence-electron chi connectivity index (χ2n) is 4.82. The van der Waals surface area contributed by atoms with Gasteiger partial charge in [0.05, 0.1) is 5.25 Å². The van der Waals surface area contributed by atoms with Crippen molar-refractivity contribution >= 4 is 56.7 Å². The summed E-state index contributed by atoms with van der Waals surface area (Å²) in [5.41, 5.74) is 0. The van der Waals surface area contributed by atoms with Gasteiger partial charge in [-0.2, -0.15) is 11.8 Å². The fraction of sp³-hybridized carbons (Fsp3) is 0.538. The van der Waals surface area contributed by atoms with Crippen molar-refractivity contribution in [1.82, 2.24) is 9.97 Å². The lowest BCUT2D eigenvalue weighted by Crippen LogP contribution is -2.22. The molecule has 1 fully saturated rings.